The maximum absolute atomic E-state index is 4.92. The molecule has 0 aliphatic carbocycles. The second kappa shape index (κ2) is 8.51. The number of hydrogen-bond donors (Lipinski definition) is 0. The third kappa shape index (κ3) is 3.39. The maximum Gasteiger partial charge on any atom is 0.0639 e. The Kier molecular flexibility index (Phi) is 5.64. The zero-order valence-corrected chi connectivity index (χ0v) is 22.1. The van der Waals surface area contributed by atoms with E-state index in [-0.39, 0.29) is 20.1 Å². The fraction of sp³-hybridized carbons (Fsp3) is 0.129. The molecule has 3 heteroatoms. The molecule has 0 unspecified atom stereocenters. The van der Waals surface area contributed by atoms with Gasteiger partial charge in [0.25, 0.3) is 0 Å². The first kappa shape index (κ1) is 22.5. The smallest absolute Gasteiger partial charge is 0.0639 e. The number of aryl methyl sites for hydroxylation is 4. The average Bonchev–Trinajstić information content (AvgIpc) is 3.25. The molecule has 0 atom stereocenters. The Balaban J connectivity index is 0.00000241. The molecule has 6 aromatic rings. The van der Waals surface area contributed by atoms with Gasteiger partial charge in [-0.2, -0.15) is 0 Å². The van der Waals surface area contributed by atoms with Crippen LogP contribution < -0.4 is 0 Å². The minimum Gasteiger partial charge on any atom is -0.333 e. The molecule has 4 aromatic carbocycles. The van der Waals surface area contributed by atoms with E-state index in [1.54, 1.807) is 0 Å². The van der Waals surface area contributed by atoms with Crippen LogP contribution in [0.25, 0.3) is 49.7 Å². The summed E-state index contributed by atoms with van der Waals surface area (Å²) in [6.07, 6.45) is 2.03. The summed E-state index contributed by atoms with van der Waals surface area (Å²) in [7, 11) is 0. The Morgan fingerprint density at radius 3 is 2.15 bits per heavy atom. The van der Waals surface area contributed by atoms with E-state index in [2.05, 4.69) is 105 Å². The predicted molar refractivity (Wildman–Crippen MR) is 139 cm³/mol. The van der Waals surface area contributed by atoms with Crippen LogP contribution in [0, 0.1) is 33.8 Å². The molecule has 34 heavy (non-hydrogen) atoms. The number of rotatable bonds is 2. The van der Waals surface area contributed by atoms with Crippen LogP contribution in [-0.2, 0) is 20.1 Å². The van der Waals surface area contributed by atoms with Crippen molar-refractivity contribution in [3.05, 3.63) is 107 Å². The standard InChI is InChI=1S/C31H25N2.Ir/c1-19-16-27-25-12-8-9-13-26(25)31-32-18-29(33(31)28(27)17-20(19)2)30-21(3)14-24(15-22(30)4)23-10-6-5-7-11-23;/h5-12,14-18H,1-4H3;/q-1;. The van der Waals surface area contributed by atoms with Crippen molar-refractivity contribution in [3.63, 3.8) is 0 Å². The van der Waals surface area contributed by atoms with E-state index in [0.29, 0.717) is 0 Å². The van der Waals surface area contributed by atoms with Crippen molar-refractivity contribution in [3.8, 4) is 22.4 Å². The van der Waals surface area contributed by atoms with Crippen LogP contribution in [0.15, 0.2) is 79.0 Å². The van der Waals surface area contributed by atoms with Crippen LogP contribution in [0.5, 0.6) is 0 Å². The zero-order chi connectivity index (χ0) is 22.7. The average molecular weight is 618 g/mol. The summed E-state index contributed by atoms with van der Waals surface area (Å²) >= 11 is 0. The molecular formula is C31H25IrN2-. The van der Waals surface area contributed by atoms with Gasteiger partial charge in [0.2, 0.25) is 0 Å². The van der Waals surface area contributed by atoms with Crippen molar-refractivity contribution in [2.45, 2.75) is 27.7 Å². The van der Waals surface area contributed by atoms with Crippen LogP contribution in [-0.4, -0.2) is 9.38 Å². The Hall–Kier alpha value is -3.26. The number of imidazole rings is 1. The number of fused-ring (bicyclic) bond motifs is 6. The second-order valence-electron chi connectivity index (χ2n) is 9.07. The Bertz CT molecular complexity index is 1670. The minimum absolute atomic E-state index is 0. The van der Waals surface area contributed by atoms with Gasteiger partial charge >= 0.3 is 0 Å². The molecule has 0 N–H and O–H groups in total. The van der Waals surface area contributed by atoms with E-state index < -0.39 is 0 Å². The number of nitrogens with zero attached hydrogens (tertiary/aromatic N) is 2. The minimum atomic E-state index is 0. The number of pyridine rings is 1. The van der Waals surface area contributed by atoms with Gasteiger partial charge in [0.15, 0.2) is 0 Å². The van der Waals surface area contributed by atoms with Crippen molar-refractivity contribution >= 4 is 27.3 Å². The molecule has 0 amide bonds. The van der Waals surface area contributed by atoms with E-state index in [0.717, 1.165) is 16.7 Å². The van der Waals surface area contributed by atoms with Crippen LogP contribution in [0.4, 0.5) is 0 Å². The van der Waals surface area contributed by atoms with E-state index in [4.69, 9.17) is 4.98 Å². The van der Waals surface area contributed by atoms with Gasteiger partial charge in [-0.15, -0.1) is 29.7 Å². The van der Waals surface area contributed by atoms with Gasteiger partial charge in [-0.3, -0.25) is 4.98 Å². The van der Waals surface area contributed by atoms with Gasteiger partial charge in [-0.05, 0) is 72.5 Å². The molecule has 2 aromatic heterocycles. The van der Waals surface area contributed by atoms with Crippen molar-refractivity contribution < 1.29 is 20.1 Å². The first-order valence-corrected chi connectivity index (χ1v) is 11.4. The molecule has 0 fully saturated rings. The molecule has 0 saturated heterocycles. The van der Waals surface area contributed by atoms with Crippen molar-refractivity contribution in [1.82, 2.24) is 9.38 Å². The molecule has 0 aliphatic rings. The van der Waals surface area contributed by atoms with E-state index >= 15 is 0 Å². The molecule has 169 valence electrons. The summed E-state index contributed by atoms with van der Waals surface area (Å²) in [5.74, 6) is 0. The van der Waals surface area contributed by atoms with Crippen molar-refractivity contribution in [2.75, 3.05) is 0 Å². The van der Waals surface area contributed by atoms with Crippen molar-refractivity contribution in [1.29, 1.82) is 0 Å². The van der Waals surface area contributed by atoms with Crippen LogP contribution >= 0.6 is 0 Å². The zero-order valence-electron chi connectivity index (χ0n) is 19.7. The Labute approximate surface area is 213 Å². The number of benzene rings is 4. The van der Waals surface area contributed by atoms with Crippen LogP contribution in [0.2, 0.25) is 0 Å². The molecular weight excluding hydrogens is 593 g/mol. The number of hydrogen-bond acceptors (Lipinski definition) is 1. The summed E-state index contributed by atoms with van der Waals surface area (Å²) in [6, 6.07) is 29.5. The summed E-state index contributed by atoms with van der Waals surface area (Å²) in [4.78, 5) is 4.92. The quantitative estimate of drug-likeness (QED) is 0.142. The second-order valence-corrected chi connectivity index (χ2v) is 9.07. The fourth-order valence-electron chi connectivity index (χ4n) is 5.16. The first-order valence-electron chi connectivity index (χ1n) is 11.4. The number of aromatic nitrogens is 2. The summed E-state index contributed by atoms with van der Waals surface area (Å²) in [5.41, 5.74) is 12.1. The summed E-state index contributed by atoms with van der Waals surface area (Å²) < 4.78 is 2.33. The molecule has 0 spiro atoms. The first-order chi connectivity index (χ1) is 16.0. The fourth-order valence-corrected chi connectivity index (χ4v) is 5.16. The predicted octanol–water partition coefficient (Wildman–Crippen LogP) is 8.01. The molecule has 0 saturated carbocycles. The van der Waals surface area contributed by atoms with Gasteiger partial charge in [-0.1, -0.05) is 53.9 Å². The summed E-state index contributed by atoms with van der Waals surface area (Å²) in [5, 5.41) is 3.51. The van der Waals surface area contributed by atoms with Gasteiger partial charge in [0.05, 0.1) is 11.3 Å². The largest absolute Gasteiger partial charge is 0.333 e. The van der Waals surface area contributed by atoms with Crippen LogP contribution in [0.1, 0.15) is 22.3 Å². The molecule has 6 rings (SSSR count). The SMILES string of the molecule is Cc1cc2c3ccc[c-]c3c3ncc(-c4c(C)cc(-c5ccccc5)cc4C)n3c2cc1C.[Ir]. The van der Waals surface area contributed by atoms with Crippen LogP contribution in [0.3, 0.4) is 0 Å². The summed E-state index contributed by atoms with van der Waals surface area (Å²) in [6.45, 7) is 8.78. The van der Waals surface area contributed by atoms with Gasteiger partial charge in [0, 0.05) is 37.4 Å². The van der Waals surface area contributed by atoms with E-state index in [1.165, 1.54) is 55.2 Å². The Morgan fingerprint density at radius 1 is 0.706 bits per heavy atom. The van der Waals surface area contributed by atoms with Gasteiger partial charge in [0.1, 0.15) is 0 Å². The van der Waals surface area contributed by atoms with E-state index in [1.807, 2.05) is 12.3 Å². The topological polar surface area (TPSA) is 17.3 Å². The maximum atomic E-state index is 4.92. The van der Waals surface area contributed by atoms with Crippen molar-refractivity contribution in [2.24, 2.45) is 0 Å². The third-order valence-electron chi connectivity index (χ3n) is 6.88. The van der Waals surface area contributed by atoms with Gasteiger partial charge < -0.3 is 4.40 Å². The third-order valence-corrected chi connectivity index (χ3v) is 6.88. The Morgan fingerprint density at radius 2 is 1.41 bits per heavy atom. The molecule has 2 nitrogen and oxygen atoms in total. The normalized spacial score (nSPS) is 11.3. The molecule has 2 heterocycles. The molecule has 0 bridgehead atoms. The van der Waals surface area contributed by atoms with E-state index in [9.17, 15) is 0 Å². The molecule has 1 radical (unpaired) electrons. The molecule has 0 aliphatic heterocycles. The monoisotopic (exact) mass is 618 g/mol. The van der Waals surface area contributed by atoms with Gasteiger partial charge in [-0.25, -0.2) is 0 Å².